The zero-order valence-electron chi connectivity index (χ0n) is 23.1. The number of hydrogen-bond donors (Lipinski definition) is 1. The molecule has 3 saturated heterocycles. The number of aliphatic hydroxyl groups is 1. The molecule has 6 atom stereocenters. The summed E-state index contributed by atoms with van der Waals surface area (Å²) in [5.74, 6) is -2.72. The number of rotatable bonds is 13. The number of carbonyl (C=O) groups excluding carboxylic acids is 3. The Balaban J connectivity index is 1.49. The zero-order valence-corrected chi connectivity index (χ0v) is 24.7. The third-order valence-electron chi connectivity index (χ3n) is 8.52. The van der Waals surface area contributed by atoms with Crippen LogP contribution in [0.15, 0.2) is 67.8 Å². The minimum Gasteiger partial charge on any atom is -0.465 e. The fraction of sp³-hybridized carbons (Fsp3) is 0.469. The highest BCUT2D eigenvalue weighted by atomic mass is 79.9. The summed E-state index contributed by atoms with van der Waals surface area (Å²) in [7, 11) is 0. The molecule has 9 heteroatoms. The van der Waals surface area contributed by atoms with Crippen LogP contribution in [0, 0.1) is 11.8 Å². The molecule has 1 spiro atoms. The Bertz CT molecular complexity index is 1330. The number of likely N-dealkylation sites (tertiary alicyclic amines) is 1. The van der Waals surface area contributed by atoms with Crippen LogP contribution in [0.4, 0.5) is 5.69 Å². The number of alkyl halides is 1. The van der Waals surface area contributed by atoms with Crippen LogP contribution in [0.2, 0.25) is 0 Å². The maximum atomic E-state index is 14.6. The lowest BCUT2D eigenvalue weighted by Gasteiger charge is -2.37. The first-order valence-electron chi connectivity index (χ1n) is 14.3. The third-order valence-corrected chi connectivity index (χ3v) is 9.37. The number of carbonyl (C=O) groups is 3. The number of halogens is 1. The molecule has 3 fully saturated rings. The van der Waals surface area contributed by atoms with Crippen LogP contribution in [-0.2, 0) is 23.9 Å². The van der Waals surface area contributed by atoms with Crippen molar-refractivity contribution in [3.8, 4) is 0 Å². The maximum Gasteiger partial charge on any atom is 0.312 e. The van der Waals surface area contributed by atoms with Crippen LogP contribution in [0.1, 0.15) is 32.1 Å². The maximum absolute atomic E-state index is 14.6. The van der Waals surface area contributed by atoms with Crippen molar-refractivity contribution in [3.63, 3.8) is 0 Å². The van der Waals surface area contributed by atoms with Gasteiger partial charge in [-0.05, 0) is 55.0 Å². The van der Waals surface area contributed by atoms with Gasteiger partial charge in [0.05, 0.1) is 24.5 Å². The molecule has 2 aromatic carbocycles. The molecule has 8 nitrogen and oxygen atoms in total. The van der Waals surface area contributed by atoms with Crippen LogP contribution in [0.3, 0.4) is 0 Å². The molecule has 41 heavy (non-hydrogen) atoms. The van der Waals surface area contributed by atoms with E-state index in [-0.39, 0.29) is 42.9 Å². The molecular weight excluding hydrogens is 588 g/mol. The van der Waals surface area contributed by atoms with Gasteiger partial charge in [-0.3, -0.25) is 14.4 Å². The number of anilines is 1. The Kier molecular flexibility index (Phi) is 8.97. The van der Waals surface area contributed by atoms with Crippen molar-refractivity contribution < 1.29 is 29.0 Å². The Morgan fingerprint density at radius 1 is 1.15 bits per heavy atom. The molecule has 5 rings (SSSR count). The van der Waals surface area contributed by atoms with E-state index in [1.54, 1.807) is 11.0 Å². The topological polar surface area (TPSA) is 96.4 Å². The number of ether oxygens (including phenoxy) is 2. The third kappa shape index (κ3) is 5.24. The number of allylic oxidation sites excluding steroid dienone is 1. The van der Waals surface area contributed by atoms with Gasteiger partial charge in [-0.1, -0.05) is 58.4 Å². The van der Waals surface area contributed by atoms with Crippen LogP contribution in [-0.4, -0.2) is 76.7 Å². The average Bonchev–Trinajstić information content (AvgIpc) is 3.57. The minimum atomic E-state index is -1.19. The summed E-state index contributed by atoms with van der Waals surface area (Å²) in [6.45, 7) is 8.11. The lowest BCUT2D eigenvalue weighted by atomic mass is 9.70. The fourth-order valence-corrected chi connectivity index (χ4v) is 7.71. The molecule has 3 unspecified atom stereocenters. The second-order valence-corrected chi connectivity index (χ2v) is 12.2. The number of fused-ring (bicyclic) bond motifs is 2. The number of unbranched alkanes of at least 4 members (excludes halogenated alkanes) is 2. The number of hydrogen-bond acceptors (Lipinski definition) is 6. The summed E-state index contributed by atoms with van der Waals surface area (Å²) in [6, 6.07) is 12.7. The van der Waals surface area contributed by atoms with Gasteiger partial charge < -0.3 is 24.4 Å². The normalized spacial score (nSPS) is 28.1. The Hall–Kier alpha value is -3.01. The molecule has 2 bridgehead atoms. The second kappa shape index (κ2) is 12.5. The lowest BCUT2D eigenvalue weighted by Crippen LogP contribution is -2.57. The Morgan fingerprint density at radius 2 is 1.93 bits per heavy atom. The van der Waals surface area contributed by atoms with Gasteiger partial charge >= 0.3 is 5.97 Å². The SMILES string of the molecule is C=CCCCCOC(=O)[C@H]1[C@H]2C(=O)N(CCCO)C(C(=O)N(CC=C)c3ccc4ccccc4c3)C23CC(Br)[C@@H]1O3. The number of nitrogens with zero attached hydrogens (tertiary/aromatic N) is 2. The molecule has 0 aliphatic carbocycles. The molecule has 0 saturated carbocycles. The summed E-state index contributed by atoms with van der Waals surface area (Å²) >= 11 is 3.69. The number of amides is 2. The van der Waals surface area contributed by atoms with Gasteiger partial charge in [0.2, 0.25) is 5.91 Å². The lowest BCUT2D eigenvalue weighted by molar-refractivity contribution is -0.155. The molecule has 0 radical (unpaired) electrons. The van der Waals surface area contributed by atoms with Crippen LogP contribution in [0.5, 0.6) is 0 Å². The van der Waals surface area contributed by atoms with Gasteiger partial charge in [0.15, 0.2) is 0 Å². The van der Waals surface area contributed by atoms with E-state index in [1.165, 1.54) is 4.90 Å². The largest absolute Gasteiger partial charge is 0.465 e. The van der Waals surface area contributed by atoms with Crippen molar-refractivity contribution >= 4 is 50.2 Å². The van der Waals surface area contributed by atoms with E-state index >= 15 is 0 Å². The summed E-state index contributed by atoms with van der Waals surface area (Å²) in [5.41, 5.74) is -0.507. The predicted octanol–water partition coefficient (Wildman–Crippen LogP) is 4.39. The smallest absolute Gasteiger partial charge is 0.312 e. The number of esters is 1. The average molecular weight is 626 g/mol. The van der Waals surface area contributed by atoms with Gasteiger partial charge in [-0.15, -0.1) is 13.2 Å². The van der Waals surface area contributed by atoms with Crippen LogP contribution < -0.4 is 4.90 Å². The molecular formula is C32H37BrN2O6. The van der Waals surface area contributed by atoms with E-state index in [9.17, 15) is 19.5 Å². The molecule has 2 aromatic rings. The first-order valence-corrected chi connectivity index (χ1v) is 15.2. The predicted molar refractivity (Wildman–Crippen MR) is 161 cm³/mol. The zero-order chi connectivity index (χ0) is 29.1. The second-order valence-electron chi connectivity index (χ2n) is 11.0. The summed E-state index contributed by atoms with van der Waals surface area (Å²) in [4.78, 5) is 45.0. The number of benzene rings is 2. The van der Waals surface area contributed by atoms with Crippen molar-refractivity contribution in [2.75, 3.05) is 31.2 Å². The van der Waals surface area contributed by atoms with Gasteiger partial charge in [0, 0.05) is 30.2 Å². The first kappa shape index (κ1) is 29.5. The van der Waals surface area contributed by atoms with Crippen LogP contribution in [0.25, 0.3) is 10.8 Å². The van der Waals surface area contributed by atoms with Gasteiger partial charge in [-0.25, -0.2) is 0 Å². The van der Waals surface area contributed by atoms with E-state index < -0.39 is 35.6 Å². The molecule has 218 valence electrons. The Morgan fingerprint density at radius 3 is 2.66 bits per heavy atom. The van der Waals surface area contributed by atoms with E-state index in [1.807, 2.05) is 48.5 Å². The molecule has 3 heterocycles. The molecule has 0 aromatic heterocycles. The van der Waals surface area contributed by atoms with Crippen molar-refractivity contribution in [1.29, 1.82) is 0 Å². The molecule has 3 aliphatic rings. The van der Waals surface area contributed by atoms with E-state index in [0.717, 1.165) is 23.6 Å². The highest BCUT2D eigenvalue weighted by Crippen LogP contribution is 2.60. The van der Waals surface area contributed by atoms with Gasteiger partial charge in [0.25, 0.3) is 5.91 Å². The summed E-state index contributed by atoms with van der Waals surface area (Å²) < 4.78 is 12.2. The van der Waals surface area contributed by atoms with Gasteiger partial charge in [0.1, 0.15) is 11.6 Å². The molecule has 1 N–H and O–H groups in total. The monoisotopic (exact) mass is 624 g/mol. The van der Waals surface area contributed by atoms with Gasteiger partial charge in [-0.2, -0.15) is 0 Å². The Labute approximate surface area is 249 Å². The highest BCUT2D eigenvalue weighted by Gasteiger charge is 2.77. The number of aliphatic hydroxyl groups excluding tert-OH is 1. The first-order chi connectivity index (χ1) is 19.9. The quantitative estimate of drug-likeness (QED) is 0.154. The highest BCUT2D eigenvalue weighted by molar-refractivity contribution is 9.09. The summed E-state index contributed by atoms with van der Waals surface area (Å²) in [5, 5.41) is 11.6. The van der Waals surface area contributed by atoms with Crippen LogP contribution >= 0.6 is 15.9 Å². The van der Waals surface area contributed by atoms with Crippen molar-refractivity contribution in [2.45, 2.75) is 54.7 Å². The standard InChI is InChI=1S/C32H37BrN2O6/c1-3-5-6-9-18-40-31(39)25-26-29(37)35(16-10-17-36)28(32(26)20-24(33)27(25)41-32)30(38)34(15-4-2)23-14-13-21-11-7-8-12-22(21)19-23/h3-4,7-8,11-14,19,24-28,36H,1-2,5-6,9-10,15-18,20H2/t24?,25-,26-,27-,28?,32?/m0/s1. The molecule has 2 amide bonds. The molecule has 3 aliphatic heterocycles. The minimum absolute atomic E-state index is 0.135. The van der Waals surface area contributed by atoms with Crippen molar-refractivity contribution in [3.05, 3.63) is 67.8 Å². The van der Waals surface area contributed by atoms with Crippen molar-refractivity contribution in [2.24, 2.45) is 11.8 Å². The van der Waals surface area contributed by atoms with Crippen molar-refractivity contribution in [1.82, 2.24) is 4.90 Å². The fourth-order valence-electron chi connectivity index (χ4n) is 6.76. The summed E-state index contributed by atoms with van der Waals surface area (Å²) in [6.07, 6.45) is 6.00. The van der Waals surface area contributed by atoms with E-state index in [2.05, 4.69) is 29.1 Å². The van der Waals surface area contributed by atoms with E-state index in [4.69, 9.17) is 9.47 Å². The van der Waals surface area contributed by atoms with E-state index in [0.29, 0.717) is 24.9 Å².